The molecule has 81 heavy (non-hydrogen) atoms. The van der Waals surface area contributed by atoms with Crippen LogP contribution in [0.2, 0.25) is 0 Å². The third kappa shape index (κ3) is 67.1. The van der Waals surface area contributed by atoms with Crippen molar-refractivity contribution < 1.29 is 24.5 Å². The molecule has 0 aromatic heterocycles. The van der Waals surface area contributed by atoms with Crippen LogP contribution in [-0.4, -0.2) is 47.4 Å². The van der Waals surface area contributed by atoms with Crippen LogP contribution in [-0.2, 0) is 14.3 Å². The maximum absolute atomic E-state index is 12.5. The quantitative estimate of drug-likeness (QED) is 0.0320. The highest BCUT2D eigenvalue weighted by Crippen LogP contribution is 2.19. The maximum Gasteiger partial charge on any atom is 0.305 e. The number of amides is 1. The molecule has 0 aromatic rings. The highest BCUT2D eigenvalue weighted by atomic mass is 16.5. The Morgan fingerprint density at radius 3 is 0.975 bits per heavy atom. The van der Waals surface area contributed by atoms with E-state index in [9.17, 15) is 19.8 Å². The van der Waals surface area contributed by atoms with Gasteiger partial charge in [0, 0.05) is 12.8 Å². The topological polar surface area (TPSA) is 95.9 Å². The van der Waals surface area contributed by atoms with E-state index in [1.54, 1.807) is 0 Å². The summed E-state index contributed by atoms with van der Waals surface area (Å²) >= 11 is 0. The molecule has 0 bridgehead atoms. The summed E-state index contributed by atoms with van der Waals surface area (Å²) < 4.78 is 5.49. The van der Waals surface area contributed by atoms with Crippen molar-refractivity contribution in [3.05, 3.63) is 36.5 Å². The Kier molecular flexibility index (Phi) is 68.9. The van der Waals surface area contributed by atoms with Crippen LogP contribution in [0.1, 0.15) is 406 Å². The second-order valence-corrected chi connectivity index (χ2v) is 25.3. The Balaban J connectivity index is 3.35. The van der Waals surface area contributed by atoms with Gasteiger partial charge in [0.1, 0.15) is 0 Å². The van der Waals surface area contributed by atoms with Gasteiger partial charge in [0.25, 0.3) is 0 Å². The van der Waals surface area contributed by atoms with Crippen LogP contribution in [0.25, 0.3) is 0 Å². The lowest BCUT2D eigenvalue weighted by atomic mass is 10.0. The molecule has 0 fully saturated rings. The Hall–Kier alpha value is -1.92. The largest absolute Gasteiger partial charge is 0.466 e. The third-order valence-electron chi connectivity index (χ3n) is 17.2. The van der Waals surface area contributed by atoms with Gasteiger partial charge in [-0.3, -0.25) is 9.59 Å². The molecule has 0 radical (unpaired) electrons. The molecule has 478 valence electrons. The smallest absolute Gasteiger partial charge is 0.305 e. The molecular formula is C75H143NO5. The minimum atomic E-state index is -0.662. The first kappa shape index (κ1) is 79.1. The average Bonchev–Trinajstić information content (AvgIpc) is 3.47. The molecule has 0 saturated carbocycles. The van der Waals surface area contributed by atoms with E-state index in [1.807, 2.05) is 0 Å². The number of ether oxygens (including phenoxy) is 1. The monoisotopic (exact) mass is 1140 g/mol. The minimum absolute atomic E-state index is 0.00505. The summed E-state index contributed by atoms with van der Waals surface area (Å²) in [7, 11) is 0. The van der Waals surface area contributed by atoms with Crippen LogP contribution >= 0.6 is 0 Å². The van der Waals surface area contributed by atoms with E-state index in [1.165, 1.54) is 321 Å². The van der Waals surface area contributed by atoms with Gasteiger partial charge in [-0.25, -0.2) is 0 Å². The van der Waals surface area contributed by atoms with Gasteiger partial charge in [0.15, 0.2) is 0 Å². The molecule has 6 nitrogen and oxygen atoms in total. The summed E-state index contributed by atoms with van der Waals surface area (Å²) in [4.78, 5) is 24.6. The number of hydrogen-bond donors (Lipinski definition) is 3. The summed E-state index contributed by atoms with van der Waals surface area (Å²) in [5.41, 5.74) is 0. The Bertz CT molecular complexity index is 1310. The minimum Gasteiger partial charge on any atom is -0.466 e. The first-order chi connectivity index (χ1) is 40.0. The van der Waals surface area contributed by atoms with Gasteiger partial charge in [-0.05, 0) is 83.5 Å². The lowest BCUT2D eigenvalue weighted by molar-refractivity contribution is -0.143. The first-order valence-corrected chi connectivity index (χ1v) is 36.7. The molecule has 0 saturated heterocycles. The first-order valence-electron chi connectivity index (χ1n) is 36.7. The third-order valence-corrected chi connectivity index (χ3v) is 17.2. The number of unbranched alkanes of at least 4 members (excludes halogenated alkanes) is 52. The fourth-order valence-electron chi connectivity index (χ4n) is 11.6. The predicted molar refractivity (Wildman–Crippen MR) is 356 cm³/mol. The van der Waals surface area contributed by atoms with Gasteiger partial charge >= 0.3 is 5.97 Å². The van der Waals surface area contributed by atoms with E-state index in [4.69, 9.17) is 4.74 Å². The van der Waals surface area contributed by atoms with Crippen LogP contribution in [0.15, 0.2) is 36.5 Å². The Labute approximate surface area is 506 Å². The molecule has 0 rings (SSSR count). The number of hydrogen-bond acceptors (Lipinski definition) is 5. The standard InChI is InChI=1S/C75H143NO5/c1-3-5-7-9-11-13-15-17-19-40-43-47-51-55-59-63-67-73(78)72(71-77)76-74(79)68-64-60-56-52-48-44-41-37-35-33-31-29-27-25-23-21-20-22-24-26-28-30-32-34-36-38-42-46-50-54-58-62-66-70-81-75(80)69-65-61-57-53-49-45-39-18-16-14-12-10-8-6-4-2/h12,14,18,24,26,39,72-73,77-78H,3-11,13,15-17,19-23,25,27-38,40-71H2,1-2H3,(H,76,79)/b14-12-,26-24-,39-18-. The fourth-order valence-corrected chi connectivity index (χ4v) is 11.6. The van der Waals surface area contributed by atoms with Crippen LogP contribution in [0.4, 0.5) is 0 Å². The predicted octanol–water partition coefficient (Wildman–Crippen LogP) is 23.9. The van der Waals surface area contributed by atoms with Crippen molar-refractivity contribution in [2.75, 3.05) is 13.2 Å². The molecule has 6 heteroatoms. The van der Waals surface area contributed by atoms with E-state index in [-0.39, 0.29) is 18.5 Å². The molecular weight excluding hydrogens is 995 g/mol. The Morgan fingerprint density at radius 1 is 0.346 bits per heavy atom. The summed E-state index contributed by atoms with van der Waals surface area (Å²) in [6.45, 7) is 4.95. The maximum atomic E-state index is 12.5. The van der Waals surface area contributed by atoms with E-state index < -0.39 is 12.1 Å². The number of nitrogens with one attached hydrogen (secondary N) is 1. The molecule has 0 heterocycles. The highest BCUT2D eigenvalue weighted by Gasteiger charge is 2.20. The lowest BCUT2D eigenvalue weighted by Crippen LogP contribution is -2.45. The van der Waals surface area contributed by atoms with E-state index in [0.717, 1.165) is 51.4 Å². The summed E-state index contributed by atoms with van der Waals surface area (Å²) in [6, 6.07) is -0.539. The van der Waals surface area contributed by atoms with Crippen molar-refractivity contribution in [3.63, 3.8) is 0 Å². The molecule has 2 unspecified atom stereocenters. The number of rotatable bonds is 69. The van der Waals surface area contributed by atoms with Gasteiger partial charge in [-0.2, -0.15) is 0 Å². The van der Waals surface area contributed by atoms with Crippen molar-refractivity contribution in [1.29, 1.82) is 0 Å². The highest BCUT2D eigenvalue weighted by molar-refractivity contribution is 5.76. The number of esters is 1. The number of aliphatic hydroxyl groups excluding tert-OH is 2. The number of aliphatic hydroxyl groups is 2. The van der Waals surface area contributed by atoms with Crippen molar-refractivity contribution >= 4 is 11.9 Å². The van der Waals surface area contributed by atoms with Crippen LogP contribution in [0, 0.1) is 0 Å². The number of allylic oxidation sites excluding steroid dienone is 6. The van der Waals surface area contributed by atoms with E-state index in [2.05, 4.69) is 55.6 Å². The molecule has 2 atom stereocenters. The normalized spacial score (nSPS) is 12.7. The molecule has 0 aromatic carbocycles. The molecule has 0 aliphatic rings. The second-order valence-electron chi connectivity index (χ2n) is 25.3. The van der Waals surface area contributed by atoms with Crippen LogP contribution in [0.5, 0.6) is 0 Å². The second kappa shape index (κ2) is 70.6. The summed E-state index contributed by atoms with van der Waals surface area (Å²) in [6.07, 6.45) is 90.7. The van der Waals surface area contributed by atoms with Crippen molar-refractivity contribution in [2.45, 2.75) is 418 Å². The molecule has 0 spiro atoms. The van der Waals surface area contributed by atoms with Gasteiger partial charge in [0.2, 0.25) is 5.91 Å². The SMILES string of the molecule is CCCCC/C=C\C/C=C\CCCCCCCC(=O)OCCCCCCCCCCCCCC/C=C\CCCCCCCCCCCCCCCCCCCC(=O)NC(CO)C(O)CCCCCCCCCCCCCCCCCC. The van der Waals surface area contributed by atoms with Gasteiger partial charge in [-0.1, -0.05) is 346 Å². The zero-order valence-corrected chi connectivity index (χ0v) is 54.8. The van der Waals surface area contributed by atoms with Crippen molar-refractivity contribution in [2.24, 2.45) is 0 Å². The average molecular weight is 1140 g/mol. The molecule has 1 amide bonds. The van der Waals surface area contributed by atoms with Gasteiger partial charge in [0.05, 0.1) is 25.4 Å². The molecule has 3 N–H and O–H groups in total. The fraction of sp³-hybridized carbons (Fsp3) is 0.893. The van der Waals surface area contributed by atoms with Gasteiger partial charge in [-0.15, -0.1) is 0 Å². The van der Waals surface area contributed by atoms with Crippen LogP contribution in [0.3, 0.4) is 0 Å². The summed E-state index contributed by atoms with van der Waals surface area (Å²) in [5.74, 6) is -0.0237. The van der Waals surface area contributed by atoms with Crippen LogP contribution < -0.4 is 5.32 Å². The van der Waals surface area contributed by atoms with Crippen molar-refractivity contribution in [3.8, 4) is 0 Å². The number of carbonyl (C=O) groups excluding carboxylic acids is 2. The summed E-state index contributed by atoms with van der Waals surface area (Å²) in [5, 5.41) is 23.4. The van der Waals surface area contributed by atoms with E-state index in [0.29, 0.717) is 25.9 Å². The molecule has 0 aliphatic carbocycles. The number of carbonyl (C=O) groups is 2. The van der Waals surface area contributed by atoms with E-state index >= 15 is 0 Å². The van der Waals surface area contributed by atoms with Crippen molar-refractivity contribution in [1.82, 2.24) is 5.32 Å². The zero-order chi connectivity index (χ0) is 58.5. The van der Waals surface area contributed by atoms with Gasteiger partial charge < -0.3 is 20.3 Å². The molecule has 0 aliphatic heterocycles. The Morgan fingerprint density at radius 2 is 0.617 bits per heavy atom. The lowest BCUT2D eigenvalue weighted by Gasteiger charge is -2.22. The zero-order valence-electron chi connectivity index (χ0n) is 54.8.